The fourth-order valence-corrected chi connectivity index (χ4v) is 2.58. The Kier molecular flexibility index (Phi) is 7.08. The second-order valence-corrected chi connectivity index (χ2v) is 4.80. The van der Waals surface area contributed by atoms with Crippen molar-refractivity contribution in [2.24, 2.45) is 5.92 Å². The van der Waals surface area contributed by atoms with Crippen LogP contribution >= 0.6 is 0 Å². The predicted molar refractivity (Wildman–Crippen MR) is 67.9 cm³/mol. The minimum atomic E-state index is 0.954. The maximum absolute atomic E-state index is 2.60. The molecular formula is C14H28N. The van der Waals surface area contributed by atoms with Gasteiger partial charge in [-0.2, -0.15) is 0 Å². The van der Waals surface area contributed by atoms with E-state index in [4.69, 9.17) is 0 Å². The monoisotopic (exact) mass is 210 g/mol. The van der Waals surface area contributed by atoms with Gasteiger partial charge in [-0.15, -0.1) is 0 Å². The number of rotatable bonds is 7. The van der Waals surface area contributed by atoms with Crippen LogP contribution in [0, 0.1) is 12.3 Å². The molecule has 89 valence electrons. The topological polar surface area (TPSA) is 3.24 Å². The van der Waals surface area contributed by atoms with E-state index >= 15 is 0 Å². The highest BCUT2D eigenvalue weighted by Crippen LogP contribution is 2.26. The van der Waals surface area contributed by atoms with E-state index in [1.165, 1.54) is 64.6 Å². The highest BCUT2D eigenvalue weighted by molar-refractivity contribution is 4.79. The van der Waals surface area contributed by atoms with Crippen LogP contribution in [0.3, 0.4) is 0 Å². The van der Waals surface area contributed by atoms with Gasteiger partial charge >= 0.3 is 0 Å². The molecule has 1 radical (unpaired) electrons. The van der Waals surface area contributed by atoms with Crippen LogP contribution in [0.15, 0.2) is 0 Å². The third-order valence-electron chi connectivity index (χ3n) is 3.72. The van der Waals surface area contributed by atoms with Crippen molar-refractivity contribution < 1.29 is 0 Å². The van der Waals surface area contributed by atoms with E-state index in [1.54, 1.807) is 0 Å². The zero-order valence-corrected chi connectivity index (χ0v) is 10.7. The molecule has 0 unspecified atom stereocenters. The van der Waals surface area contributed by atoms with E-state index in [9.17, 15) is 0 Å². The molecule has 1 saturated carbocycles. The highest BCUT2D eigenvalue weighted by Gasteiger charge is 2.12. The summed E-state index contributed by atoms with van der Waals surface area (Å²) in [6.07, 6.45) is 12.6. The molecule has 0 aromatic heterocycles. The van der Waals surface area contributed by atoms with Crippen molar-refractivity contribution in [1.29, 1.82) is 0 Å². The molecule has 0 aliphatic heterocycles. The van der Waals surface area contributed by atoms with Gasteiger partial charge in [0.1, 0.15) is 0 Å². The van der Waals surface area contributed by atoms with Gasteiger partial charge in [0.25, 0.3) is 0 Å². The van der Waals surface area contributed by atoms with Gasteiger partial charge in [-0.25, -0.2) is 0 Å². The fraction of sp³-hybridized carbons (Fsp3) is 0.929. The van der Waals surface area contributed by atoms with Gasteiger partial charge in [0, 0.05) is 0 Å². The normalized spacial score (nSPS) is 18.6. The summed E-state index contributed by atoms with van der Waals surface area (Å²) in [6.45, 7) is 8.22. The molecule has 1 heteroatoms. The lowest BCUT2D eigenvalue weighted by molar-refractivity contribution is 0.295. The smallest absolute Gasteiger partial charge is 0.00189 e. The SMILES string of the molecule is CCN(CC)CCC[CH]C1CCCCC1. The molecule has 0 saturated heterocycles. The standard InChI is InChI=1S/C14H28N/c1-3-15(4-2)13-9-8-12-14-10-6-5-7-11-14/h12,14H,3-11,13H2,1-2H3. The largest absolute Gasteiger partial charge is 0.304 e. The van der Waals surface area contributed by atoms with Crippen LogP contribution in [-0.2, 0) is 0 Å². The minimum absolute atomic E-state index is 0.954. The van der Waals surface area contributed by atoms with Gasteiger partial charge in [0.15, 0.2) is 0 Å². The first kappa shape index (κ1) is 13.0. The average molecular weight is 210 g/mol. The number of hydrogen-bond acceptors (Lipinski definition) is 1. The first-order valence-corrected chi connectivity index (χ1v) is 6.92. The van der Waals surface area contributed by atoms with Crippen LogP contribution in [0.1, 0.15) is 58.8 Å². The predicted octanol–water partition coefficient (Wildman–Crippen LogP) is 3.89. The van der Waals surface area contributed by atoms with E-state index in [2.05, 4.69) is 25.2 Å². The molecular weight excluding hydrogens is 182 g/mol. The summed E-state index contributed by atoms with van der Waals surface area (Å²) in [4.78, 5) is 2.52. The Bertz CT molecular complexity index is 134. The molecule has 0 N–H and O–H groups in total. The maximum Gasteiger partial charge on any atom is -0.00189 e. The Hall–Kier alpha value is -0.0400. The van der Waals surface area contributed by atoms with Crippen molar-refractivity contribution in [2.45, 2.75) is 58.8 Å². The summed E-state index contributed by atoms with van der Waals surface area (Å²) >= 11 is 0. The molecule has 0 atom stereocenters. The van der Waals surface area contributed by atoms with Crippen LogP contribution in [0.25, 0.3) is 0 Å². The molecule has 0 spiro atoms. The van der Waals surface area contributed by atoms with Crippen molar-refractivity contribution in [1.82, 2.24) is 4.90 Å². The van der Waals surface area contributed by atoms with Gasteiger partial charge < -0.3 is 4.90 Å². The fourth-order valence-electron chi connectivity index (χ4n) is 2.58. The van der Waals surface area contributed by atoms with E-state index in [1.807, 2.05) is 0 Å². The number of nitrogens with zero attached hydrogens (tertiary/aromatic N) is 1. The van der Waals surface area contributed by atoms with Crippen molar-refractivity contribution in [3.63, 3.8) is 0 Å². The number of hydrogen-bond donors (Lipinski definition) is 0. The summed E-state index contributed by atoms with van der Waals surface area (Å²) in [5.41, 5.74) is 0. The first-order chi connectivity index (χ1) is 7.36. The third-order valence-corrected chi connectivity index (χ3v) is 3.72. The lowest BCUT2D eigenvalue weighted by atomic mass is 9.86. The molecule has 15 heavy (non-hydrogen) atoms. The quantitative estimate of drug-likeness (QED) is 0.576. The van der Waals surface area contributed by atoms with E-state index < -0.39 is 0 Å². The van der Waals surface area contributed by atoms with Crippen LogP contribution in [0.2, 0.25) is 0 Å². The van der Waals surface area contributed by atoms with Crippen LogP contribution < -0.4 is 0 Å². The van der Waals surface area contributed by atoms with E-state index in [0.717, 1.165) is 5.92 Å². The van der Waals surface area contributed by atoms with Crippen molar-refractivity contribution in [3.05, 3.63) is 6.42 Å². The van der Waals surface area contributed by atoms with Gasteiger partial charge in [0.2, 0.25) is 0 Å². The van der Waals surface area contributed by atoms with E-state index in [-0.39, 0.29) is 0 Å². The Morgan fingerprint density at radius 1 is 1.07 bits per heavy atom. The summed E-state index contributed by atoms with van der Waals surface area (Å²) < 4.78 is 0. The van der Waals surface area contributed by atoms with Gasteiger partial charge in [-0.1, -0.05) is 46.0 Å². The molecule has 0 bridgehead atoms. The van der Waals surface area contributed by atoms with Gasteiger partial charge in [0.05, 0.1) is 0 Å². The van der Waals surface area contributed by atoms with Gasteiger partial charge in [-0.3, -0.25) is 0 Å². The summed E-state index contributed by atoms with van der Waals surface area (Å²) in [6, 6.07) is 0. The van der Waals surface area contributed by atoms with Gasteiger partial charge in [-0.05, 0) is 44.8 Å². The zero-order valence-electron chi connectivity index (χ0n) is 10.7. The number of unbranched alkanes of at least 4 members (excludes halogenated alkanes) is 1. The zero-order chi connectivity index (χ0) is 10.9. The Morgan fingerprint density at radius 2 is 1.73 bits per heavy atom. The second kappa shape index (κ2) is 8.15. The van der Waals surface area contributed by atoms with Crippen molar-refractivity contribution >= 4 is 0 Å². The van der Waals surface area contributed by atoms with Crippen molar-refractivity contribution in [2.75, 3.05) is 19.6 Å². The van der Waals surface area contributed by atoms with E-state index in [0.29, 0.717) is 0 Å². The Balaban J connectivity index is 1.95. The Morgan fingerprint density at radius 3 is 2.33 bits per heavy atom. The minimum Gasteiger partial charge on any atom is -0.304 e. The molecule has 1 aliphatic rings. The summed E-state index contributed by atoms with van der Waals surface area (Å²) in [7, 11) is 0. The summed E-state index contributed by atoms with van der Waals surface area (Å²) in [5, 5.41) is 0. The second-order valence-electron chi connectivity index (χ2n) is 4.80. The maximum atomic E-state index is 2.60. The lowest BCUT2D eigenvalue weighted by Crippen LogP contribution is -2.24. The Labute approximate surface area is 96.2 Å². The van der Waals surface area contributed by atoms with Crippen LogP contribution in [0.4, 0.5) is 0 Å². The molecule has 1 nitrogen and oxygen atoms in total. The molecule has 0 aromatic carbocycles. The lowest BCUT2D eigenvalue weighted by Gasteiger charge is -2.22. The highest BCUT2D eigenvalue weighted by atomic mass is 15.1. The molecule has 1 aliphatic carbocycles. The molecule has 0 amide bonds. The molecule has 0 aromatic rings. The molecule has 1 rings (SSSR count). The molecule has 1 fully saturated rings. The van der Waals surface area contributed by atoms with Crippen LogP contribution in [0.5, 0.6) is 0 Å². The van der Waals surface area contributed by atoms with Crippen molar-refractivity contribution in [3.8, 4) is 0 Å². The van der Waals surface area contributed by atoms with Crippen LogP contribution in [-0.4, -0.2) is 24.5 Å². The first-order valence-electron chi connectivity index (χ1n) is 6.92. The molecule has 0 heterocycles. The third kappa shape index (κ3) is 5.55. The average Bonchev–Trinajstić information content (AvgIpc) is 2.31. The summed E-state index contributed by atoms with van der Waals surface area (Å²) in [5.74, 6) is 0.954.